The van der Waals surface area contributed by atoms with Gasteiger partial charge in [0.05, 0.1) is 12.7 Å². The highest BCUT2D eigenvalue weighted by atomic mass is 16.5. The molecule has 7 nitrogen and oxygen atoms in total. The van der Waals surface area contributed by atoms with Crippen LogP contribution in [-0.4, -0.2) is 52.5 Å². The van der Waals surface area contributed by atoms with Crippen LogP contribution in [0, 0.1) is 0 Å². The highest BCUT2D eigenvalue weighted by molar-refractivity contribution is 5.90. The van der Waals surface area contributed by atoms with Crippen LogP contribution < -0.4 is 5.32 Å². The molecule has 7 heteroatoms. The number of ether oxygens (including phenoxy) is 1. The number of aliphatic hydroxyl groups excluding tert-OH is 1. The first-order valence-electron chi connectivity index (χ1n) is 4.60. The van der Waals surface area contributed by atoms with Crippen LogP contribution in [0.5, 0.6) is 0 Å². The second kappa shape index (κ2) is 5.99. The molecular weight excluding hydrogens is 214 g/mol. The van der Waals surface area contributed by atoms with E-state index in [-0.39, 0.29) is 24.7 Å². The zero-order valence-electron chi connectivity index (χ0n) is 8.75. The summed E-state index contributed by atoms with van der Waals surface area (Å²) in [4.78, 5) is 18.3. The first-order valence-corrected chi connectivity index (χ1v) is 4.60. The number of aliphatic hydroxyl groups is 1. The van der Waals surface area contributed by atoms with Crippen LogP contribution >= 0.6 is 0 Å². The number of aromatic carboxylic acids is 1. The smallest absolute Gasteiger partial charge is 0.358 e. The fourth-order valence-corrected chi connectivity index (χ4v) is 1.06. The molecule has 1 heterocycles. The first-order chi connectivity index (χ1) is 7.69. The molecule has 0 bridgehead atoms. The molecule has 0 unspecified atom stereocenters. The molecule has 1 aromatic heterocycles. The number of aromatic nitrogens is 2. The van der Waals surface area contributed by atoms with Gasteiger partial charge in [0.15, 0.2) is 11.5 Å². The standard InChI is InChI=1S/C9H13N3O4/c1-16-6(5-13)4-12-8-7(9(14)15)10-2-3-11-8/h2-3,6,13H,4-5H2,1H3,(H,11,12)(H,14,15)/t6-/m0/s1. The molecule has 1 atom stereocenters. The van der Waals surface area contributed by atoms with Gasteiger partial charge in [-0.25, -0.2) is 14.8 Å². The van der Waals surface area contributed by atoms with Crippen LogP contribution in [0.15, 0.2) is 12.4 Å². The molecule has 0 amide bonds. The van der Waals surface area contributed by atoms with Gasteiger partial charge in [-0.1, -0.05) is 0 Å². The topological polar surface area (TPSA) is 105 Å². The largest absolute Gasteiger partial charge is 0.476 e. The molecule has 1 aromatic rings. The van der Waals surface area contributed by atoms with Crippen molar-refractivity contribution in [2.45, 2.75) is 6.10 Å². The highest BCUT2D eigenvalue weighted by Gasteiger charge is 2.13. The van der Waals surface area contributed by atoms with Gasteiger partial charge in [-0.2, -0.15) is 0 Å². The average molecular weight is 227 g/mol. The Hall–Kier alpha value is -1.73. The van der Waals surface area contributed by atoms with Gasteiger partial charge in [0, 0.05) is 26.0 Å². The summed E-state index contributed by atoms with van der Waals surface area (Å²) in [7, 11) is 1.46. The van der Waals surface area contributed by atoms with Crippen molar-refractivity contribution in [3.63, 3.8) is 0 Å². The predicted octanol–water partition coefficient (Wildman–Crippen LogP) is -0.406. The molecule has 0 radical (unpaired) electrons. The Morgan fingerprint density at radius 2 is 2.25 bits per heavy atom. The van der Waals surface area contributed by atoms with Crippen molar-refractivity contribution in [1.82, 2.24) is 9.97 Å². The van der Waals surface area contributed by atoms with E-state index >= 15 is 0 Å². The number of methoxy groups -OCH3 is 1. The molecule has 88 valence electrons. The zero-order chi connectivity index (χ0) is 12.0. The molecule has 16 heavy (non-hydrogen) atoms. The molecule has 0 saturated carbocycles. The number of anilines is 1. The monoisotopic (exact) mass is 227 g/mol. The fraction of sp³-hybridized carbons (Fsp3) is 0.444. The second-order valence-electron chi connectivity index (χ2n) is 2.98. The lowest BCUT2D eigenvalue weighted by molar-refractivity contribution is 0.0580. The quantitative estimate of drug-likeness (QED) is 0.607. The number of carbonyl (C=O) groups is 1. The summed E-state index contributed by atoms with van der Waals surface area (Å²) < 4.78 is 4.91. The van der Waals surface area contributed by atoms with Crippen LogP contribution in [0.4, 0.5) is 5.82 Å². The van der Waals surface area contributed by atoms with Gasteiger partial charge >= 0.3 is 5.97 Å². The summed E-state index contributed by atoms with van der Waals surface area (Å²) in [5.41, 5.74) is -0.157. The van der Waals surface area contributed by atoms with Crippen LogP contribution in [0.3, 0.4) is 0 Å². The maximum Gasteiger partial charge on any atom is 0.358 e. The Labute approximate surface area is 92.1 Å². The summed E-state index contributed by atoms with van der Waals surface area (Å²) in [6.45, 7) is 0.0954. The van der Waals surface area contributed by atoms with Crippen LogP contribution in [0.1, 0.15) is 10.5 Å². The van der Waals surface area contributed by atoms with Crippen molar-refractivity contribution in [1.29, 1.82) is 0 Å². The van der Waals surface area contributed by atoms with E-state index in [0.29, 0.717) is 0 Å². The number of rotatable bonds is 6. The third-order valence-corrected chi connectivity index (χ3v) is 1.93. The van der Waals surface area contributed by atoms with Gasteiger partial charge < -0.3 is 20.3 Å². The van der Waals surface area contributed by atoms with Crippen LogP contribution in [0.25, 0.3) is 0 Å². The molecule has 1 rings (SSSR count). The Balaban J connectivity index is 2.69. The summed E-state index contributed by atoms with van der Waals surface area (Å²) in [6.07, 6.45) is 2.27. The van der Waals surface area contributed by atoms with Crippen molar-refractivity contribution in [2.24, 2.45) is 0 Å². The Morgan fingerprint density at radius 3 is 2.81 bits per heavy atom. The number of nitrogens with zero attached hydrogens (tertiary/aromatic N) is 2. The molecule has 0 aromatic carbocycles. The van der Waals surface area contributed by atoms with Gasteiger partial charge in [0.1, 0.15) is 0 Å². The summed E-state index contributed by atoms with van der Waals surface area (Å²) in [5.74, 6) is -1.00. The van der Waals surface area contributed by atoms with E-state index in [4.69, 9.17) is 14.9 Å². The first kappa shape index (κ1) is 12.3. The van der Waals surface area contributed by atoms with Crippen molar-refractivity contribution in [2.75, 3.05) is 25.6 Å². The summed E-state index contributed by atoms with van der Waals surface area (Å²) >= 11 is 0. The van der Waals surface area contributed by atoms with Gasteiger partial charge in [0.2, 0.25) is 0 Å². The van der Waals surface area contributed by atoms with E-state index in [9.17, 15) is 4.79 Å². The summed E-state index contributed by atoms with van der Waals surface area (Å²) in [5, 5.41) is 20.4. The molecule has 0 aliphatic rings. The molecule has 0 fully saturated rings. The molecule has 0 spiro atoms. The Morgan fingerprint density at radius 1 is 1.56 bits per heavy atom. The average Bonchev–Trinajstić information content (AvgIpc) is 2.30. The summed E-state index contributed by atoms with van der Waals surface area (Å²) in [6, 6.07) is 0. The minimum Gasteiger partial charge on any atom is -0.476 e. The third-order valence-electron chi connectivity index (χ3n) is 1.93. The van der Waals surface area contributed by atoms with E-state index in [0.717, 1.165) is 0 Å². The van der Waals surface area contributed by atoms with Crippen molar-refractivity contribution in [3.05, 3.63) is 18.1 Å². The lowest BCUT2D eigenvalue weighted by Gasteiger charge is -2.13. The van der Waals surface area contributed by atoms with Crippen LogP contribution in [0.2, 0.25) is 0 Å². The molecule has 0 aliphatic carbocycles. The van der Waals surface area contributed by atoms with Gasteiger partial charge in [-0.3, -0.25) is 0 Å². The van der Waals surface area contributed by atoms with E-state index in [2.05, 4.69) is 15.3 Å². The van der Waals surface area contributed by atoms with Gasteiger partial charge in [-0.05, 0) is 0 Å². The number of carboxylic acids is 1. The molecule has 0 saturated heterocycles. The van der Waals surface area contributed by atoms with Gasteiger partial charge in [-0.15, -0.1) is 0 Å². The van der Waals surface area contributed by atoms with Gasteiger partial charge in [0.25, 0.3) is 0 Å². The fourth-order valence-electron chi connectivity index (χ4n) is 1.06. The number of hydrogen-bond donors (Lipinski definition) is 3. The number of hydrogen-bond acceptors (Lipinski definition) is 6. The number of carboxylic acid groups (broad SMARTS) is 1. The normalized spacial score (nSPS) is 12.1. The molecule has 3 N–H and O–H groups in total. The third kappa shape index (κ3) is 3.14. The van der Waals surface area contributed by atoms with Crippen molar-refractivity contribution >= 4 is 11.8 Å². The Bertz CT molecular complexity index is 354. The lowest BCUT2D eigenvalue weighted by atomic mass is 10.3. The minimum absolute atomic E-state index is 0.157. The zero-order valence-corrected chi connectivity index (χ0v) is 8.75. The second-order valence-corrected chi connectivity index (χ2v) is 2.98. The predicted molar refractivity (Wildman–Crippen MR) is 55.4 cm³/mol. The number of nitrogens with one attached hydrogen (secondary N) is 1. The maximum absolute atomic E-state index is 10.8. The molecular formula is C9H13N3O4. The van der Waals surface area contributed by atoms with E-state index in [1.54, 1.807) is 0 Å². The Kier molecular flexibility index (Phi) is 4.62. The van der Waals surface area contributed by atoms with Crippen molar-refractivity contribution < 1.29 is 19.7 Å². The van der Waals surface area contributed by atoms with Crippen molar-refractivity contribution in [3.8, 4) is 0 Å². The van der Waals surface area contributed by atoms with Crippen LogP contribution in [-0.2, 0) is 4.74 Å². The highest BCUT2D eigenvalue weighted by Crippen LogP contribution is 2.08. The lowest BCUT2D eigenvalue weighted by Crippen LogP contribution is -2.26. The van der Waals surface area contributed by atoms with E-state index < -0.39 is 12.1 Å². The molecule has 0 aliphatic heterocycles. The SMILES string of the molecule is CO[C@H](CO)CNc1nccnc1C(=O)O. The van der Waals surface area contributed by atoms with E-state index in [1.165, 1.54) is 19.5 Å². The minimum atomic E-state index is -1.16. The van der Waals surface area contributed by atoms with E-state index in [1.807, 2.05) is 0 Å². The maximum atomic E-state index is 10.8.